The van der Waals surface area contributed by atoms with Crippen molar-refractivity contribution < 1.29 is 4.74 Å². The lowest BCUT2D eigenvalue weighted by molar-refractivity contribution is 0.460. The topological polar surface area (TPSA) is 22.1 Å². The zero-order valence-electron chi connectivity index (χ0n) is 11.4. The molecular formula is C17H13Br2NO. The molecule has 0 atom stereocenters. The summed E-state index contributed by atoms with van der Waals surface area (Å²) in [7, 11) is 0. The van der Waals surface area contributed by atoms with Gasteiger partial charge in [-0.1, -0.05) is 50.1 Å². The van der Waals surface area contributed by atoms with Gasteiger partial charge in [0.2, 0.25) is 5.88 Å². The van der Waals surface area contributed by atoms with Crippen LogP contribution in [0, 0.1) is 6.92 Å². The number of ether oxygens (including phenoxy) is 1. The number of hydrogen-bond donors (Lipinski definition) is 0. The Bertz CT molecular complexity index is 802. The van der Waals surface area contributed by atoms with Crippen molar-refractivity contribution in [3.63, 3.8) is 0 Å². The summed E-state index contributed by atoms with van der Waals surface area (Å²) < 4.78 is 7.05. The van der Waals surface area contributed by atoms with Gasteiger partial charge in [-0.2, -0.15) is 0 Å². The lowest BCUT2D eigenvalue weighted by Gasteiger charge is -2.11. The molecule has 0 aliphatic carbocycles. The largest absolute Gasteiger partial charge is 0.439 e. The Morgan fingerprint density at radius 1 is 1.10 bits per heavy atom. The summed E-state index contributed by atoms with van der Waals surface area (Å²) >= 11 is 7.00. The summed E-state index contributed by atoms with van der Waals surface area (Å²) in [6, 6.07) is 16.1. The van der Waals surface area contributed by atoms with Crippen molar-refractivity contribution in [2.45, 2.75) is 12.3 Å². The Labute approximate surface area is 140 Å². The SMILES string of the molecule is Cc1cc(Oc2nc3ccccc3cc2CBr)ccc1Br. The van der Waals surface area contributed by atoms with Gasteiger partial charge in [-0.05, 0) is 42.8 Å². The molecule has 0 radical (unpaired) electrons. The zero-order valence-corrected chi connectivity index (χ0v) is 14.6. The van der Waals surface area contributed by atoms with Crippen LogP contribution in [-0.4, -0.2) is 4.98 Å². The highest BCUT2D eigenvalue weighted by Crippen LogP contribution is 2.30. The maximum absolute atomic E-state index is 5.98. The first-order chi connectivity index (χ1) is 10.2. The van der Waals surface area contributed by atoms with Crippen molar-refractivity contribution in [2.24, 2.45) is 0 Å². The second kappa shape index (κ2) is 6.16. The molecule has 106 valence electrons. The van der Waals surface area contributed by atoms with Crippen LogP contribution in [0.15, 0.2) is 53.0 Å². The number of pyridine rings is 1. The summed E-state index contributed by atoms with van der Waals surface area (Å²) in [5.41, 5.74) is 3.11. The monoisotopic (exact) mass is 405 g/mol. The smallest absolute Gasteiger partial charge is 0.223 e. The van der Waals surface area contributed by atoms with Gasteiger partial charge in [0, 0.05) is 20.8 Å². The molecule has 0 saturated carbocycles. The lowest BCUT2D eigenvalue weighted by atomic mass is 10.1. The first-order valence-corrected chi connectivity index (χ1v) is 8.47. The fourth-order valence-electron chi connectivity index (χ4n) is 2.12. The third kappa shape index (κ3) is 3.11. The van der Waals surface area contributed by atoms with Gasteiger partial charge < -0.3 is 4.74 Å². The Kier molecular flexibility index (Phi) is 4.27. The summed E-state index contributed by atoms with van der Waals surface area (Å²) in [4.78, 5) is 4.63. The lowest BCUT2D eigenvalue weighted by Crippen LogP contribution is -1.94. The summed E-state index contributed by atoms with van der Waals surface area (Å²) in [6.07, 6.45) is 0. The van der Waals surface area contributed by atoms with E-state index < -0.39 is 0 Å². The minimum atomic E-state index is 0.646. The number of alkyl halides is 1. The Balaban J connectivity index is 2.04. The number of hydrogen-bond acceptors (Lipinski definition) is 2. The molecule has 0 bridgehead atoms. The average molecular weight is 407 g/mol. The molecule has 0 unspecified atom stereocenters. The number of nitrogens with zero attached hydrogens (tertiary/aromatic N) is 1. The molecule has 3 rings (SSSR count). The molecular weight excluding hydrogens is 394 g/mol. The second-order valence-electron chi connectivity index (χ2n) is 4.79. The number of halogens is 2. The number of aryl methyl sites for hydroxylation is 1. The number of rotatable bonds is 3. The van der Waals surface area contributed by atoms with Crippen molar-refractivity contribution in [2.75, 3.05) is 0 Å². The van der Waals surface area contributed by atoms with E-state index >= 15 is 0 Å². The third-order valence-electron chi connectivity index (χ3n) is 3.25. The normalized spacial score (nSPS) is 10.8. The molecule has 21 heavy (non-hydrogen) atoms. The highest BCUT2D eigenvalue weighted by atomic mass is 79.9. The average Bonchev–Trinajstić information content (AvgIpc) is 2.50. The Morgan fingerprint density at radius 2 is 1.90 bits per heavy atom. The molecule has 0 spiro atoms. The van der Waals surface area contributed by atoms with Gasteiger partial charge in [0.25, 0.3) is 0 Å². The molecule has 2 nitrogen and oxygen atoms in total. The van der Waals surface area contributed by atoms with Crippen molar-refractivity contribution in [1.29, 1.82) is 0 Å². The minimum absolute atomic E-state index is 0.646. The van der Waals surface area contributed by atoms with E-state index in [1.54, 1.807) is 0 Å². The maximum Gasteiger partial charge on any atom is 0.223 e. The Morgan fingerprint density at radius 3 is 2.67 bits per heavy atom. The van der Waals surface area contributed by atoms with Gasteiger partial charge >= 0.3 is 0 Å². The van der Waals surface area contributed by atoms with E-state index in [2.05, 4.69) is 49.0 Å². The van der Waals surface area contributed by atoms with Crippen LogP contribution in [0.2, 0.25) is 0 Å². The zero-order chi connectivity index (χ0) is 14.8. The van der Waals surface area contributed by atoms with Crippen LogP contribution in [-0.2, 0) is 5.33 Å². The van der Waals surface area contributed by atoms with E-state index in [1.165, 1.54) is 0 Å². The van der Waals surface area contributed by atoms with Crippen molar-refractivity contribution in [1.82, 2.24) is 4.98 Å². The molecule has 1 aromatic heterocycles. The first-order valence-electron chi connectivity index (χ1n) is 6.56. The molecule has 0 saturated heterocycles. The van der Waals surface area contributed by atoms with Crippen LogP contribution in [0.5, 0.6) is 11.6 Å². The fourth-order valence-corrected chi connectivity index (χ4v) is 2.77. The van der Waals surface area contributed by atoms with Gasteiger partial charge in [0.1, 0.15) is 5.75 Å². The predicted octanol–water partition coefficient (Wildman–Crippen LogP) is 5.99. The molecule has 0 N–H and O–H groups in total. The van der Waals surface area contributed by atoms with Gasteiger partial charge in [0.05, 0.1) is 5.52 Å². The van der Waals surface area contributed by atoms with Gasteiger partial charge in [-0.3, -0.25) is 0 Å². The quantitative estimate of drug-likeness (QED) is 0.498. The number of fused-ring (bicyclic) bond motifs is 1. The molecule has 2 aromatic carbocycles. The van der Waals surface area contributed by atoms with Crippen molar-refractivity contribution in [3.8, 4) is 11.6 Å². The summed E-state index contributed by atoms with van der Waals surface area (Å²) in [5, 5.41) is 1.82. The number of para-hydroxylation sites is 1. The van der Waals surface area contributed by atoms with Crippen LogP contribution in [0.1, 0.15) is 11.1 Å². The third-order valence-corrected chi connectivity index (χ3v) is 4.74. The van der Waals surface area contributed by atoms with Gasteiger partial charge in [0.15, 0.2) is 0 Å². The maximum atomic E-state index is 5.98. The van der Waals surface area contributed by atoms with Crippen LogP contribution < -0.4 is 4.74 Å². The van der Waals surface area contributed by atoms with E-state index in [-0.39, 0.29) is 0 Å². The second-order valence-corrected chi connectivity index (χ2v) is 6.21. The molecule has 0 amide bonds. The molecule has 0 aliphatic heterocycles. The van der Waals surface area contributed by atoms with Crippen molar-refractivity contribution >= 4 is 42.8 Å². The number of aromatic nitrogens is 1. The van der Waals surface area contributed by atoms with E-state index in [1.807, 2.05) is 43.3 Å². The Hall–Kier alpha value is -1.39. The predicted molar refractivity (Wildman–Crippen MR) is 93.3 cm³/mol. The van der Waals surface area contributed by atoms with Crippen LogP contribution in [0.4, 0.5) is 0 Å². The first kappa shape index (κ1) is 14.5. The van der Waals surface area contributed by atoms with Crippen LogP contribution in [0.3, 0.4) is 0 Å². The van der Waals surface area contributed by atoms with Gasteiger partial charge in [-0.15, -0.1) is 0 Å². The minimum Gasteiger partial charge on any atom is -0.439 e. The van der Waals surface area contributed by atoms with Gasteiger partial charge in [-0.25, -0.2) is 4.98 Å². The molecule has 1 heterocycles. The van der Waals surface area contributed by atoms with E-state index in [9.17, 15) is 0 Å². The number of benzene rings is 2. The fraction of sp³-hybridized carbons (Fsp3) is 0.118. The van der Waals surface area contributed by atoms with E-state index in [0.717, 1.165) is 32.3 Å². The van der Waals surface area contributed by atoms with Crippen LogP contribution >= 0.6 is 31.9 Å². The highest BCUT2D eigenvalue weighted by Gasteiger charge is 2.09. The van der Waals surface area contributed by atoms with Crippen molar-refractivity contribution in [3.05, 3.63) is 64.1 Å². The highest BCUT2D eigenvalue weighted by molar-refractivity contribution is 9.10. The van der Waals surface area contributed by atoms with E-state index in [4.69, 9.17) is 4.74 Å². The summed E-state index contributed by atoms with van der Waals surface area (Å²) in [5.74, 6) is 1.44. The molecule has 0 aliphatic rings. The summed E-state index contributed by atoms with van der Waals surface area (Å²) in [6.45, 7) is 2.04. The standard InChI is InChI=1S/C17H13Br2NO/c1-11-8-14(6-7-15(11)19)21-17-13(10-18)9-12-4-2-3-5-16(12)20-17/h2-9H,10H2,1H3. The molecule has 0 fully saturated rings. The molecule has 3 aromatic rings. The van der Waals surface area contributed by atoms with Crippen LogP contribution in [0.25, 0.3) is 10.9 Å². The van der Waals surface area contributed by atoms with E-state index in [0.29, 0.717) is 11.2 Å². The molecule has 4 heteroatoms.